The first kappa shape index (κ1) is 24.4. The van der Waals surface area contributed by atoms with Gasteiger partial charge in [0.1, 0.15) is 5.82 Å². The lowest BCUT2D eigenvalue weighted by molar-refractivity contribution is 0.0659. The molecule has 0 spiro atoms. The molecular formula is C30H33N3O2. The van der Waals surface area contributed by atoms with E-state index in [2.05, 4.69) is 13.0 Å². The number of benzene rings is 3. The summed E-state index contributed by atoms with van der Waals surface area (Å²) in [6, 6.07) is 20.8. The van der Waals surface area contributed by atoms with Gasteiger partial charge < -0.3 is 4.90 Å². The quantitative estimate of drug-likeness (QED) is 0.320. The summed E-state index contributed by atoms with van der Waals surface area (Å²) in [4.78, 5) is 34.5. The molecule has 0 aliphatic heterocycles. The Labute approximate surface area is 207 Å². The van der Waals surface area contributed by atoms with E-state index in [0.29, 0.717) is 35.3 Å². The third-order valence-electron chi connectivity index (χ3n) is 6.48. The second-order valence-electron chi connectivity index (χ2n) is 9.21. The minimum absolute atomic E-state index is 0.0479. The summed E-state index contributed by atoms with van der Waals surface area (Å²) in [5, 5.41) is 0.568. The van der Waals surface area contributed by atoms with Crippen LogP contribution >= 0.6 is 0 Å². The van der Waals surface area contributed by atoms with Crippen LogP contribution in [0.3, 0.4) is 0 Å². The maximum Gasteiger partial charge on any atom is 0.266 e. The molecule has 0 aliphatic carbocycles. The molecule has 3 aromatic carbocycles. The summed E-state index contributed by atoms with van der Waals surface area (Å²) < 4.78 is 1.72. The van der Waals surface area contributed by atoms with E-state index in [4.69, 9.17) is 4.98 Å². The molecule has 0 saturated heterocycles. The van der Waals surface area contributed by atoms with Gasteiger partial charge in [0, 0.05) is 12.1 Å². The van der Waals surface area contributed by atoms with Gasteiger partial charge in [-0.25, -0.2) is 4.98 Å². The number of carbonyl (C=O) groups excluding carboxylic acids is 1. The minimum Gasteiger partial charge on any atom is -0.328 e. The van der Waals surface area contributed by atoms with E-state index in [1.54, 1.807) is 4.57 Å². The van der Waals surface area contributed by atoms with Crippen molar-refractivity contribution in [1.82, 2.24) is 14.5 Å². The standard InChI is InChI=1S/C30H33N3O2/c1-6-18-32(29(34)23-15-12-20(3)13-16-23)26(7-2)28-31-25-11-9-8-10-24(25)30(35)33(28)27-17-14-21(4)19-22(27)5/h8-17,19,26H,6-7,18H2,1-5H3. The van der Waals surface area contributed by atoms with E-state index in [0.717, 1.165) is 28.8 Å². The number of para-hydroxylation sites is 1. The molecule has 0 saturated carbocycles. The zero-order valence-corrected chi connectivity index (χ0v) is 21.2. The fourth-order valence-corrected chi connectivity index (χ4v) is 4.71. The van der Waals surface area contributed by atoms with Crippen molar-refractivity contribution in [2.75, 3.05) is 6.54 Å². The number of aryl methyl sites for hydroxylation is 3. The molecule has 5 nitrogen and oxygen atoms in total. The van der Waals surface area contributed by atoms with Crippen LogP contribution in [-0.4, -0.2) is 26.9 Å². The van der Waals surface area contributed by atoms with Crippen LogP contribution in [0.15, 0.2) is 71.5 Å². The van der Waals surface area contributed by atoms with Crippen LogP contribution in [0, 0.1) is 20.8 Å². The summed E-state index contributed by atoms with van der Waals surface area (Å²) >= 11 is 0. The van der Waals surface area contributed by atoms with Crippen molar-refractivity contribution in [3.05, 3.63) is 105 Å². The van der Waals surface area contributed by atoms with Gasteiger partial charge in [0.05, 0.1) is 22.6 Å². The van der Waals surface area contributed by atoms with Crippen LogP contribution in [0.25, 0.3) is 16.6 Å². The van der Waals surface area contributed by atoms with Gasteiger partial charge in [-0.1, -0.05) is 61.4 Å². The molecule has 0 bridgehead atoms. The van der Waals surface area contributed by atoms with Crippen LogP contribution < -0.4 is 5.56 Å². The Kier molecular flexibility index (Phi) is 7.15. The molecule has 0 N–H and O–H groups in total. The highest BCUT2D eigenvalue weighted by molar-refractivity contribution is 5.94. The summed E-state index contributed by atoms with van der Waals surface area (Å²) in [6.45, 7) is 10.7. The number of carbonyl (C=O) groups is 1. The Morgan fingerprint density at radius 3 is 2.29 bits per heavy atom. The van der Waals surface area contributed by atoms with Gasteiger partial charge in [0.25, 0.3) is 11.5 Å². The first-order valence-corrected chi connectivity index (χ1v) is 12.3. The molecule has 35 heavy (non-hydrogen) atoms. The van der Waals surface area contributed by atoms with Crippen molar-refractivity contribution >= 4 is 16.8 Å². The Bertz CT molecular complexity index is 1420. The van der Waals surface area contributed by atoms with Gasteiger partial charge in [0.2, 0.25) is 0 Å². The highest BCUT2D eigenvalue weighted by Gasteiger charge is 2.29. The van der Waals surface area contributed by atoms with Crippen LogP contribution in [0.4, 0.5) is 0 Å². The summed E-state index contributed by atoms with van der Waals surface area (Å²) in [5.41, 5.74) is 5.20. The second-order valence-corrected chi connectivity index (χ2v) is 9.21. The molecule has 4 aromatic rings. The van der Waals surface area contributed by atoms with Gasteiger partial charge in [-0.05, 0) is 69.5 Å². The smallest absolute Gasteiger partial charge is 0.266 e. The van der Waals surface area contributed by atoms with Crippen molar-refractivity contribution < 1.29 is 4.79 Å². The molecule has 1 atom stereocenters. The third-order valence-corrected chi connectivity index (χ3v) is 6.48. The normalized spacial score (nSPS) is 12.0. The largest absolute Gasteiger partial charge is 0.328 e. The SMILES string of the molecule is CCCN(C(=O)c1ccc(C)cc1)C(CC)c1nc2ccccc2c(=O)n1-c1ccc(C)cc1C. The van der Waals surface area contributed by atoms with Crippen molar-refractivity contribution in [2.45, 2.75) is 53.5 Å². The van der Waals surface area contributed by atoms with Gasteiger partial charge in [-0.3, -0.25) is 14.2 Å². The molecule has 0 fully saturated rings. The fourth-order valence-electron chi connectivity index (χ4n) is 4.71. The molecule has 0 radical (unpaired) electrons. The van der Waals surface area contributed by atoms with Gasteiger partial charge in [-0.15, -0.1) is 0 Å². The van der Waals surface area contributed by atoms with E-state index in [1.807, 2.05) is 93.3 Å². The van der Waals surface area contributed by atoms with Crippen molar-refractivity contribution in [1.29, 1.82) is 0 Å². The molecule has 1 heterocycles. The van der Waals surface area contributed by atoms with E-state index in [-0.39, 0.29) is 17.5 Å². The van der Waals surface area contributed by atoms with Crippen LogP contribution in [-0.2, 0) is 0 Å². The van der Waals surface area contributed by atoms with Crippen LogP contribution in [0.1, 0.15) is 65.6 Å². The van der Waals surface area contributed by atoms with Gasteiger partial charge >= 0.3 is 0 Å². The lowest BCUT2D eigenvalue weighted by Gasteiger charge is -2.32. The average molecular weight is 468 g/mol. The van der Waals surface area contributed by atoms with Gasteiger partial charge in [0.15, 0.2) is 0 Å². The van der Waals surface area contributed by atoms with E-state index < -0.39 is 0 Å². The Hall–Kier alpha value is -3.73. The number of hydrogen-bond acceptors (Lipinski definition) is 3. The lowest BCUT2D eigenvalue weighted by atomic mass is 10.1. The number of nitrogens with zero attached hydrogens (tertiary/aromatic N) is 3. The van der Waals surface area contributed by atoms with E-state index in [1.165, 1.54) is 0 Å². The third kappa shape index (κ3) is 4.76. The lowest BCUT2D eigenvalue weighted by Crippen LogP contribution is -2.39. The number of fused-ring (bicyclic) bond motifs is 1. The van der Waals surface area contributed by atoms with Crippen molar-refractivity contribution in [3.8, 4) is 5.69 Å². The number of rotatable bonds is 7. The Morgan fingerprint density at radius 2 is 1.63 bits per heavy atom. The molecule has 1 unspecified atom stereocenters. The molecule has 1 amide bonds. The number of hydrogen-bond donors (Lipinski definition) is 0. The maximum absolute atomic E-state index is 13.9. The summed E-state index contributed by atoms with van der Waals surface area (Å²) in [7, 11) is 0. The molecule has 4 rings (SSSR count). The molecule has 0 aliphatic rings. The van der Waals surface area contributed by atoms with Gasteiger partial charge in [-0.2, -0.15) is 0 Å². The molecule has 180 valence electrons. The molecule has 5 heteroatoms. The summed E-state index contributed by atoms with van der Waals surface area (Å²) in [6.07, 6.45) is 1.43. The van der Waals surface area contributed by atoms with E-state index >= 15 is 0 Å². The highest BCUT2D eigenvalue weighted by atomic mass is 16.2. The Balaban J connectivity index is 1.96. The monoisotopic (exact) mass is 467 g/mol. The molecular weight excluding hydrogens is 434 g/mol. The minimum atomic E-state index is -0.359. The Morgan fingerprint density at radius 1 is 0.943 bits per heavy atom. The number of amides is 1. The van der Waals surface area contributed by atoms with Crippen molar-refractivity contribution in [3.63, 3.8) is 0 Å². The van der Waals surface area contributed by atoms with E-state index in [9.17, 15) is 9.59 Å². The average Bonchev–Trinajstić information content (AvgIpc) is 2.85. The fraction of sp³-hybridized carbons (Fsp3) is 0.300. The highest BCUT2D eigenvalue weighted by Crippen LogP contribution is 2.29. The zero-order valence-electron chi connectivity index (χ0n) is 21.2. The topological polar surface area (TPSA) is 55.2 Å². The van der Waals surface area contributed by atoms with Crippen LogP contribution in [0.5, 0.6) is 0 Å². The van der Waals surface area contributed by atoms with Crippen molar-refractivity contribution in [2.24, 2.45) is 0 Å². The zero-order chi connectivity index (χ0) is 25.1. The molecule has 1 aromatic heterocycles. The van der Waals surface area contributed by atoms with Crippen LogP contribution in [0.2, 0.25) is 0 Å². The second kappa shape index (κ2) is 10.3. The first-order chi connectivity index (χ1) is 16.8. The first-order valence-electron chi connectivity index (χ1n) is 12.3. The summed E-state index contributed by atoms with van der Waals surface area (Å²) in [5.74, 6) is 0.547. The number of aromatic nitrogens is 2. The maximum atomic E-state index is 13.9. The predicted molar refractivity (Wildman–Crippen MR) is 142 cm³/mol. The predicted octanol–water partition coefficient (Wildman–Crippen LogP) is 6.31.